The van der Waals surface area contributed by atoms with Crippen molar-refractivity contribution in [2.45, 2.75) is 40.0 Å². The highest BCUT2D eigenvalue weighted by Gasteiger charge is 2.19. The Hall–Kier alpha value is 0.200. The summed E-state index contributed by atoms with van der Waals surface area (Å²) in [6.45, 7) is 6.64. The van der Waals surface area contributed by atoms with Gasteiger partial charge in [0.2, 0.25) is 5.91 Å². The van der Waals surface area contributed by atoms with Gasteiger partial charge in [-0.1, -0.05) is 49.8 Å². The second-order valence-corrected chi connectivity index (χ2v) is 5.33. The van der Waals surface area contributed by atoms with Crippen LogP contribution in [0.1, 0.15) is 40.0 Å². The molecule has 0 bridgehead atoms. The Balaban J connectivity index is 3.38. The third-order valence-electron chi connectivity index (χ3n) is 1.78. The maximum atomic E-state index is 11.4. The zero-order valence-electron chi connectivity index (χ0n) is 8.82. The van der Waals surface area contributed by atoms with Crippen LogP contribution >= 0.6 is 22.6 Å². The van der Waals surface area contributed by atoms with Gasteiger partial charge in [0.1, 0.15) is 0 Å². The van der Waals surface area contributed by atoms with Crippen molar-refractivity contribution in [3.05, 3.63) is 0 Å². The third kappa shape index (κ3) is 7.28. The lowest BCUT2D eigenvalue weighted by molar-refractivity contribution is -0.128. The minimum Gasteiger partial charge on any atom is -0.356 e. The van der Waals surface area contributed by atoms with Crippen LogP contribution in [0.2, 0.25) is 0 Å². The molecule has 0 aromatic rings. The Labute approximate surface area is 95.0 Å². The van der Waals surface area contributed by atoms with Crippen LogP contribution in [0.15, 0.2) is 0 Å². The summed E-state index contributed by atoms with van der Waals surface area (Å²) in [7, 11) is 0. The highest BCUT2D eigenvalue weighted by Crippen LogP contribution is 2.12. The first-order valence-electron chi connectivity index (χ1n) is 4.82. The van der Waals surface area contributed by atoms with E-state index < -0.39 is 0 Å². The molecular weight excluding hydrogens is 277 g/mol. The number of carbonyl (C=O) groups excluding carboxylic acids is 1. The van der Waals surface area contributed by atoms with E-state index >= 15 is 0 Å². The first kappa shape index (κ1) is 13.2. The quantitative estimate of drug-likeness (QED) is 0.472. The third-order valence-corrected chi connectivity index (χ3v) is 2.54. The van der Waals surface area contributed by atoms with Crippen molar-refractivity contribution in [1.82, 2.24) is 5.32 Å². The molecule has 0 aliphatic rings. The van der Waals surface area contributed by atoms with E-state index in [1.165, 1.54) is 17.3 Å². The van der Waals surface area contributed by atoms with Gasteiger partial charge >= 0.3 is 0 Å². The minimum atomic E-state index is -0.247. The van der Waals surface area contributed by atoms with Crippen molar-refractivity contribution in [3.63, 3.8) is 0 Å². The molecule has 78 valence electrons. The van der Waals surface area contributed by atoms with Gasteiger partial charge in [-0.25, -0.2) is 0 Å². The summed E-state index contributed by atoms with van der Waals surface area (Å²) < 4.78 is 1.21. The Morgan fingerprint density at radius 1 is 1.23 bits per heavy atom. The first-order chi connectivity index (χ1) is 5.98. The maximum Gasteiger partial charge on any atom is 0.225 e. The second-order valence-electron chi connectivity index (χ2n) is 4.26. The van der Waals surface area contributed by atoms with Crippen LogP contribution in [0.5, 0.6) is 0 Å². The summed E-state index contributed by atoms with van der Waals surface area (Å²) in [6, 6.07) is 0. The number of nitrogens with one attached hydrogen (secondary N) is 1. The Morgan fingerprint density at radius 3 is 2.31 bits per heavy atom. The van der Waals surface area contributed by atoms with Gasteiger partial charge in [-0.15, -0.1) is 0 Å². The number of hydrogen-bond acceptors (Lipinski definition) is 1. The lowest BCUT2D eigenvalue weighted by atomic mass is 9.96. The molecule has 0 saturated carbocycles. The number of carbonyl (C=O) groups is 1. The van der Waals surface area contributed by atoms with Crippen molar-refractivity contribution in [2.75, 3.05) is 11.0 Å². The number of halogens is 1. The van der Waals surface area contributed by atoms with Crippen LogP contribution in [0.4, 0.5) is 0 Å². The van der Waals surface area contributed by atoms with Gasteiger partial charge in [0.25, 0.3) is 0 Å². The van der Waals surface area contributed by atoms with E-state index in [9.17, 15) is 4.79 Å². The Kier molecular flexibility index (Phi) is 6.73. The van der Waals surface area contributed by atoms with Crippen molar-refractivity contribution in [2.24, 2.45) is 5.41 Å². The number of rotatable bonds is 5. The molecule has 0 aromatic carbocycles. The van der Waals surface area contributed by atoms with Gasteiger partial charge in [0.15, 0.2) is 0 Å². The Morgan fingerprint density at radius 2 is 1.85 bits per heavy atom. The molecule has 0 atom stereocenters. The van der Waals surface area contributed by atoms with Crippen molar-refractivity contribution in [1.29, 1.82) is 0 Å². The molecule has 0 heterocycles. The molecule has 0 rings (SSSR count). The lowest BCUT2D eigenvalue weighted by Gasteiger charge is -2.17. The molecule has 0 aliphatic carbocycles. The SMILES string of the molecule is CC(C)(C)C(=O)NCCCCCI. The van der Waals surface area contributed by atoms with Crippen LogP contribution < -0.4 is 5.32 Å². The minimum absolute atomic E-state index is 0.155. The van der Waals surface area contributed by atoms with E-state index in [2.05, 4.69) is 27.9 Å². The molecule has 0 fully saturated rings. The molecule has 0 saturated heterocycles. The average molecular weight is 297 g/mol. The summed E-state index contributed by atoms with van der Waals surface area (Å²) in [5.41, 5.74) is -0.247. The zero-order chi connectivity index (χ0) is 10.3. The normalized spacial score (nSPS) is 11.4. The van der Waals surface area contributed by atoms with Gasteiger partial charge in [-0.2, -0.15) is 0 Å². The lowest BCUT2D eigenvalue weighted by Crippen LogP contribution is -2.35. The molecule has 0 spiro atoms. The zero-order valence-corrected chi connectivity index (χ0v) is 11.0. The van der Waals surface area contributed by atoms with Gasteiger partial charge in [0, 0.05) is 12.0 Å². The van der Waals surface area contributed by atoms with Gasteiger partial charge < -0.3 is 5.32 Å². The van der Waals surface area contributed by atoms with E-state index in [0.717, 1.165) is 13.0 Å². The Bertz CT molecular complexity index is 151. The van der Waals surface area contributed by atoms with Gasteiger partial charge in [0.05, 0.1) is 0 Å². The highest BCUT2D eigenvalue weighted by molar-refractivity contribution is 14.1. The van der Waals surface area contributed by atoms with Crippen molar-refractivity contribution >= 4 is 28.5 Å². The first-order valence-corrected chi connectivity index (χ1v) is 6.35. The molecule has 13 heavy (non-hydrogen) atoms. The largest absolute Gasteiger partial charge is 0.356 e. The maximum absolute atomic E-state index is 11.4. The molecule has 3 heteroatoms. The topological polar surface area (TPSA) is 29.1 Å². The summed E-state index contributed by atoms with van der Waals surface area (Å²) in [5, 5.41) is 2.94. The summed E-state index contributed by atoms with van der Waals surface area (Å²) in [4.78, 5) is 11.4. The van der Waals surface area contributed by atoms with Crippen LogP contribution in [0.25, 0.3) is 0 Å². The second kappa shape index (κ2) is 6.62. The standard InChI is InChI=1S/C10H20INO/c1-10(2,3)9(13)12-8-6-4-5-7-11/h4-8H2,1-3H3,(H,12,13). The van der Waals surface area contributed by atoms with E-state index in [1.807, 2.05) is 20.8 Å². The fourth-order valence-corrected chi connectivity index (χ4v) is 1.40. The summed E-state index contributed by atoms with van der Waals surface area (Å²) in [6.07, 6.45) is 3.57. The molecule has 1 amide bonds. The fourth-order valence-electron chi connectivity index (χ4n) is 0.863. The van der Waals surface area contributed by atoms with Crippen molar-refractivity contribution < 1.29 is 4.79 Å². The van der Waals surface area contributed by atoms with Crippen LogP contribution in [-0.2, 0) is 4.79 Å². The monoisotopic (exact) mass is 297 g/mol. The van der Waals surface area contributed by atoms with Crippen LogP contribution in [0, 0.1) is 5.41 Å². The average Bonchev–Trinajstić information content (AvgIpc) is 2.02. The summed E-state index contributed by atoms with van der Waals surface area (Å²) in [5.74, 6) is 0.155. The molecule has 0 aromatic heterocycles. The predicted molar refractivity (Wildman–Crippen MR) is 65.2 cm³/mol. The van der Waals surface area contributed by atoms with E-state index in [4.69, 9.17) is 0 Å². The number of unbranched alkanes of at least 4 members (excludes halogenated alkanes) is 2. The molecule has 0 unspecified atom stereocenters. The molecule has 0 aliphatic heterocycles. The number of alkyl halides is 1. The van der Waals surface area contributed by atoms with Crippen LogP contribution in [-0.4, -0.2) is 16.9 Å². The fraction of sp³-hybridized carbons (Fsp3) is 0.900. The molecule has 2 nitrogen and oxygen atoms in total. The molecule has 1 N–H and O–H groups in total. The van der Waals surface area contributed by atoms with E-state index in [1.54, 1.807) is 0 Å². The summed E-state index contributed by atoms with van der Waals surface area (Å²) >= 11 is 2.38. The van der Waals surface area contributed by atoms with Crippen molar-refractivity contribution in [3.8, 4) is 0 Å². The highest BCUT2D eigenvalue weighted by atomic mass is 127. The van der Waals surface area contributed by atoms with E-state index in [0.29, 0.717) is 0 Å². The smallest absolute Gasteiger partial charge is 0.225 e. The molecular formula is C10H20INO. The number of hydrogen-bond donors (Lipinski definition) is 1. The molecule has 0 radical (unpaired) electrons. The number of amides is 1. The van der Waals surface area contributed by atoms with Gasteiger partial charge in [-0.05, 0) is 17.3 Å². The predicted octanol–water partition coefficient (Wildman–Crippen LogP) is 2.75. The van der Waals surface area contributed by atoms with Crippen LogP contribution in [0.3, 0.4) is 0 Å². The van der Waals surface area contributed by atoms with E-state index in [-0.39, 0.29) is 11.3 Å². The van der Waals surface area contributed by atoms with Gasteiger partial charge in [-0.3, -0.25) is 4.79 Å².